The van der Waals surface area contributed by atoms with Gasteiger partial charge in [0, 0.05) is 12.5 Å². The highest BCUT2D eigenvalue weighted by atomic mass is 16.5. The Balaban J connectivity index is 1.94. The molecule has 0 spiro atoms. The van der Waals surface area contributed by atoms with Crippen molar-refractivity contribution in [2.24, 2.45) is 0 Å². The largest absolute Gasteiger partial charge is 0.484 e. The summed E-state index contributed by atoms with van der Waals surface area (Å²) in [6.45, 7) is 7.56. The van der Waals surface area contributed by atoms with Crippen LogP contribution in [0.2, 0.25) is 0 Å². The number of aryl methyl sites for hydroxylation is 1. The SMILES string of the molecule is CCCc1noc(COc2cccc(C(C)NCC)c2)n1. The maximum Gasteiger partial charge on any atom is 0.264 e. The van der Waals surface area contributed by atoms with Crippen molar-refractivity contribution in [2.75, 3.05) is 6.54 Å². The van der Waals surface area contributed by atoms with Crippen LogP contribution in [0.5, 0.6) is 5.75 Å². The first-order valence-corrected chi connectivity index (χ1v) is 7.50. The van der Waals surface area contributed by atoms with E-state index in [2.05, 4.69) is 42.3 Å². The lowest BCUT2D eigenvalue weighted by Crippen LogP contribution is -2.17. The molecule has 0 aliphatic carbocycles. The van der Waals surface area contributed by atoms with E-state index in [1.54, 1.807) is 0 Å². The lowest BCUT2D eigenvalue weighted by Gasteiger charge is -2.13. The summed E-state index contributed by atoms with van der Waals surface area (Å²) in [4.78, 5) is 4.29. The van der Waals surface area contributed by atoms with Gasteiger partial charge in [-0.3, -0.25) is 0 Å². The van der Waals surface area contributed by atoms with Crippen LogP contribution in [0.3, 0.4) is 0 Å². The fourth-order valence-corrected chi connectivity index (χ4v) is 2.12. The summed E-state index contributed by atoms with van der Waals surface area (Å²) in [5, 5.41) is 7.30. The minimum absolute atomic E-state index is 0.301. The molecule has 5 nitrogen and oxygen atoms in total. The number of hydrogen-bond donors (Lipinski definition) is 1. The van der Waals surface area contributed by atoms with Crippen LogP contribution >= 0.6 is 0 Å². The monoisotopic (exact) mass is 289 g/mol. The van der Waals surface area contributed by atoms with Gasteiger partial charge in [0.05, 0.1) is 0 Å². The highest BCUT2D eigenvalue weighted by Crippen LogP contribution is 2.19. The first kappa shape index (κ1) is 15.5. The molecule has 1 N–H and O–H groups in total. The normalized spacial score (nSPS) is 12.3. The van der Waals surface area contributed by atoms with Gasteiger partial charge in [0.25, 0.3) is 5.89 Å². The zero-order valence-corrected chi connectivity index (χ0v) is 12.9. The summed E-state index contributed by atoms with van der Waals surface area (Å²) >= 11 is 0. The summed E-state index contributed by atoms with van der Waals surface area (Å²) in [7, 11) is 0. The summed E-state index contributed by atoms with van der Waals surface area (Å²) in [6, 6.07) is 8.36. The predicted molar refractivity (Wildman–Crippen MR) is 81.2 cm³/mol. The van der Waals surface area contributed by atoms with E-state index in [9.17, 15) is 0 Å². The van der Waals surface area contributed by atoms with Crippen molar-refractivity contribution in [1.82, 2.24) is 15.5 Å². The molecule has 1 aromatic heterocycles. The van der Waals surface area contributed by atoms with Crippen molar-refractivity contribution in [1.29, 1.82) is 0 Å². The molecule has 0 radical (unpaired) electrons. The molecule has 2 aromatic rings. The molecule has 5 heteroatoms. The van der Waals surface area contributed by atoms with Crippen LogP contribution in [0.1, 0.15) is 50.5 Å². The van der Waals surface area contributed by atoms with Gasteiger partial charge in [-0.05, 0) is 37.6 Å². The average Bonchev–Trinajstić information content (AvgIpc) is 2.94. The fraction of sp³-hybridized carbons (Fsp3) is 0.500. The predicted octanol–water partition coefficient (Wildman–Crippen LogP) is 3.27. The molecular weight excluding hydrogens is 266 g/mol. The highest BCUT2D eigenvalue weighted by Gasteiger charge is 2.08. The first-order chi connectivity index (χ1) is 10.2. The number of nitrogens with zero attached hydrogens (tertiary/aromatic N) is 2. The molecule has 0 amide bonds. The van der Waals surface area contributed by atoms with E-state index in [1.807, 2.05) is 18.2 Å². The zero-order valence-electron chi connectivity index (χ0n) is 12.9. The molecule has 21 heavy (non-hydrogen) atoms. The first-order valence-electron chi connectivity index (χ1n) is 7.50. The molecule has 2 rings (SSSR count). The molecule has 0 aliphatic heterocycles. The third-order valence-corrected chi connectivity index (χ3v) is 3.21. The smallest absolute Gasteiger partial charge is 0.264 e. The summed E-state index contributed by atoms with van der Waals surface area (Å²) in [6.07, 6.45) is 1.84. The average molecular weight is 289 g/mol. The van der Waals surface area contributed by atoms with Gasteiger partial charge in [0.2, 0.25) is 0 Å². The number of nitrogens with one attached hydrogen (secondary N) is 1. The lowest BCUT2D eigenvalue weighted by atomic mass is 10.1. The van der Waals surface area contributed by atoms with Crippen LogP contribution in [0.25, 0.3) is 0 Å². The molecule has 114 valence electrons. The Morgan fingerprint density at radius 1 is 1.33 bits per heavy atom. The third kappa shape index (κ3) is 4.56. The van der Waals surface area contributed by atoms with Gasteiger partial charge in [0.1, 0.15) is 5.75 Å². The van der Waals surface area contributed by atoms with Gasteiger partial charge in [0.15, 0.2) is 12.4 Å². The van der Waals surface area contributed by atoms with Crippen LogP contribution in [0, 0.1) is 0 Å². The van der Waals surface area contributed by atoms with Crippen molar-refractivity contribution in [3.05, 3.63) is 41.5 Å². The molecule has 0 saturated carbocycles. The lowest BCUT2D eigenvalue weighted by molar-refractivity contribution is 0.242. The minimum atomic E-state index is 0.301. The van der Waals surface area contributed by atoms with E-state index in [4.69, 9.17) is 9.26 Å². The van der Waals surface area contributed by atoms with E-state index in [0.29, 0.717) is 18.5 Å². The number of benzene rings is 1. The van der Waals surface area contributed by atoms with Crippen molar-refractivity contribution >= 4 is 0 Å². The molecule has 0 saturated heterocycles. The second-order valence-electron chi connectivity index (χ2n) is 4.99. The Labute approximate surface area is 125 Å². The van der Waals surface area contributed by atoms with Crippen molar-refractivity contribution in [2.45, 2.75) is 46.3 Å². The van der Waals surface area contributed by atoms with Crippen LogP contribution in [-0.4, -0.2) is 16.7 Å². The third-order valence-electron chi connectivity index (χ3n) is 3.21. The van der Waals surface area contributed by atoms with Gasteiger partial charge < -0.3 is 14.6 Å². The summed E-state index contributed by atoms with van der Waals surface area (Å²) in [5.74, 6) is 2.07. The van der Waals surface area contributed by atoms with Gasteiger partial charge in [-0.25, -0.2) is 0 Å². The molecular formula is C16H23N3O2. The Kier molecular flexibility index (Phi) is 5.75. The van der Waals surface area contributed by atoms with E-state index < -0.39 is 0 Å². The topological polar surface area (TPSA) is 60.2 Å². The Morgan fingerprint density at radius 2 is 2.19 bits per heavy atom. The Morgan fingerprint density at radius 3 is 2.95 bits per heavy atom. The standard InChI is InChI=1S/C16H23N3O2/c1-4-7-15-18-16(21-19-15)11-20-14-9-6-8-13(10-14)12(3)17-5-2/h6,8-10,12,17H,4-5,7,11H2,1-3H3. The highest BCUT2D eigenvalue weighted by molar-refractivity contribution is 5.30. The Bertz CT molecular complexity index is 554. The molecule has 1 unspecified atom stereocenters. The van der Waals surface area contributed by atoms with Crippen molar-refractivity contribution < 1.29 is 9.26 Å². The van der Waals surface area contributed by atoms with E-state index >= 15 is 0 Å². The van der Waals surface area contributed by atoms with Crippen LogP contribution in [0.15, 0.2) is 28.8 Å². The second-order valence-corrected chi connectivity index (χ2v) is 4.99. The summed E-state index contributed by atoms with van der Waals surface area (Å²) in [5.41, 5.74) is 1.20. The van der Waals surface area contributed by atoms with Crippen LogP contribution in [-0.2, 0) is 13.0 Å². The second kappa shape index (κ2) is 7.78. The quantitative estimate of drug-likeness (QED) is 0.808. The molecule has 1 atom stereocenters. The zero-order chi connectivity index (χ0) is 15.1. The van der Waals surface area contributed by atoms with E-state index in [0.717, 1.165) is 31.0 Å². The maximum atomic E-state index is 5.73. The van der Waals surface area contributed by atoms with Crippen LogP contribution < -0.4 is 10.1 Å². The molecule has 0 bridgehead atoms. The molecule has 0 aliphatic rings. The van der Waals surface area contributed by atoms with Gasteiger partial charge in [-0.2, -0.15) is 4.98 Å². The number of aromatic nitrogens is 2. The Hall–Kier alpha value is -1.88. The maximum absolute atomic E-state index is 5.73. The summed E-state index contributed by atoms with van der Waals surface area (Å²) < 4.78 is 10.9. The van der Waals surface area contributed by atoms with Gasteiger partial charge >= 0.3 is 0 Å². The van der Waals surface area contributed by atoms with Crippen molar-refractivity contribution in [3.8, 4) is 5.75 Å². The van der Waals surface area contributed by atoms with Crippen molar-refractivity contribution in [3.63, 3.8) is 0 Å². The van der Waals surface area contributed by atoms with E-state index in [1.165, 1.54) is 5.56 Å². The van der Waals surface area contributed by atoms with E-state index in [-0.39, 0.29) is 0 Å². The minimum Gasteiger partial charge on any atom is -0.484 e. The fourth-order valence-electron chi connectivity index (χ4n) is 2.12. The molecule has 0 fully saturated rings. The number of hydrogen-bond acceptors (Lipinski definition) is 5. The number of rotatable bonds is 8. The van der Waals surface area contributed by atoms with Gasteiger partial charge in [-0.15, -0.1) is 0 Å². The molecule has 1 heterocycles. The molecule has 1 aromatic carbocycles. The number of ether oxygens (including phenoxy) is 1. The van der Waals surface area contributed by atoms with Gasteiger partial charge in [-0.1, -0.05) is 31.1 Å². The van der Waals surface area contributed by atoms with Crippen LogP contribution in [0.4, 0.5) is 0 Å².